The van der Waals surface area contributed by atoms with Crippen molar-refractivity contribution in [3.63, 3.8) is 0 Å². The van der Waals surface area contributed by atoms with Gasteiger partial charge in [0.1, 0.15) is 4.90 Å². The molecule has 1 aromatic carbocycles. The summed E-state index contributed by atoms with van der Waals surface area (Å²) in [6.45, 7) is 0.399. The lowest BCUT2D eigenvalue weighted by atomic mass is 10.2. The molecule has 0 unspecified atom stereocenters. The van der Waals surface area contributed by atoms with Crippen LogP contribution in [0.2, 0.25) is 0 Å². The zero-order chi connectivity index (χ0) is 15.0. The van der Waals surface area contributed by atoms with Crippen LogP contribution in [0, 0.1) is 11.3 Å². The number of hydrogen-bond acceptors (Lipinski definition) is 5. The third-order valence-corrected chi connectivity index (χ3v) is 4.98. The molecule has 1 aromatic rings. The fourth-order valence-electron chi connectivity index (χ4n) is 1.70. The highest BCUT2D eigenvalue weighted by molar-refractivity contribution is 7.98. The van der Waals surface area contributed by atoms with Crippen LogP contribution >= 0.6 is 11.8 Å². The Hall–Kier alpha value is -1.23. The third-order valence-electron chi connectivity index (χ3n) is 2.75. The van der Waals surface area contributed by atoms with Gasteiger partial charge in [0.15, 0.2) is 0 Å². The minimum absolute atomic E-state index is 0.0283. The maximum Gasteiger partial charge on any atom is 0.242 e. The molecule has 1 rings (SSSR count). The Morgan fingerprint density at radius 2 is 2.10 bits per heavy atom. The van der Waals surface area contributed by atoms with E-state index in [1.165, 1.54) is 18.2 Å². The number of benzene rings is 1. The topological polar surface area (TPSA) is 96.0 Å². The average molecular weight is 313 g/mol. The number of nitrogens with two attached hydrogens (primary N) is 1. The molecule has 0 bridgehead atoms. The first-order valence-corrected chi connectivity index (χ1v) is 9.17. The van der Waals surface area contributed by atoms with Crippen LogP contribution in [0.4, 0.5) is 5.69 Å². The molecule has 0 atom stereocenters. The number of sulfonamides is 1. The highest BCUT2D eigenvalue weighted by Crippen LogP contribution is 2.19. The lowest BCUT2D eigenvalue weighted by Crippen LogP contribution is -2.25. The van der Waals surface area contributed by atoms with E-state index in [1.54, 1.807) is 11.8 Å². The van der Waals surface area contributed by atoms with Crippen molar-refractivity contribution in [3.8, 4) is 6.07 Å². The third kappa shape index (κ3) is 5.04. The van der Waals surface area contributed by atoms with Crippen molar-refractivity contribution < 1.29 is 8.42 Å². The van der Waals surface area contributed by atoms with Crippen molar-refractivity contribution in [2.45, 2.75) is 24.2 Å². The molecule has 0 saturated heterocycles. The number of anilines is 1. The van der Waals surface area contributed by atoms with Gasteiger partial charge in [-0.25, -0.2) is 13.1 Å². The van der Waals surface area contributed by atoms with E-state index in [9.17, 15) is 8.42 Å². The Bertz CT molecular complexity index is 580. The first-order valence-electron chi connectivity index (χ1n) is 6.29. The molecular weight excluding hydrogens is 294 g/mol. The molecule has 0 amide bonds. The minimum Gasteiger partial charge on any atom is -0.398 e. The molecule has 0 heterocycles. The van der Waals surface area contributed by atoms with E-state index in [4.69, 9.17) is 11.0 Å². The van der Waals surface area contributed by atoms with Crippen molar-refractivity contribution >= 4 is 27.5 Å². The molecule has 3 N–H and O–H groups in total. The molecule has 110 valence electrons. The van der Waals surface area contributed by atoms with E-state index in [-0.39, 0.29) is 10.6 Å². The van der Waals surface area contributed by atoms with Gasteiger partial charge in [0, 0.05) is 6.54 Å². The molecule has 0 aliphatic rings. The predicted molar refractivity (Wildman–Crippen MR) is 83.0 cm³/mol. The van der Waals surface area contributed by atoms with E-state index in [0.29, 0.717) is 12.1 Å². The Morgan fingerprint density at radius 1 is 1.35 bits per heavy atom. The van der Waals surface area contributed by atoms with Gasteiger partial charge in [0.25, 0.3) is 0 Å². The van der Waals surface area contributed by atoms with Gasteiger partial charge in [-0.2, -0.15) is 17.0 Å². The van der Waals surface area contributed by atoms with Gasteiger partial charge in [-0.1, -0.05) is 6.42 Å². The van der Waals surface area contributed by atoms with Crippen LogP contribution in [0.3, 0.4) is 0 Å². The summed E-state index contributed by atoms with van der Waals surface area (Å²) in [7, 11) is -3.60. The number of rotatable bonds is 8. The van der Waals surface area contributed by atoms with Gasteiger partial charge in [-0.05, 0) is 43.0 Å². The summed E-state index contributed by atoms with van der Waals surface area (Å²) in [5, 5.41) is 8.73. The van der Waals surface area contributed by atoms with Crippen LogP contribution in [0.15, 0.2) is 23.1 Å². The van der Waals surface area contributed by atoms with Gasteiger partial charge in [-0.15, -0.1) is 0 Å². The summed E-state index contributed by atoms with van der Waals surface area (Å²) in [5.74, 6) is 1.09. The molecule has 7 heteroatoms. The van der Waals surface area contributed by atoms with Crippen LogP contribution in [0.25, 0.3) is 0 Å². The fourth-order valence-corrected chi connectivity index (χ4v) is 3.37. The van der Waals surface area contributed by atoms with Crippen molar-refractivity contribution in [2.24, 2.45) is 0 Å². The van der Waals surface area contributed by atoms with Crippen LogP contribution in [-0.2, 0) is 10.0 Å². The summed E-state index contributed by atoms with van der Waals surface area (Å²) in [6, 6.07) is 6.10. The second-order valence-electron chi connectivity index (χ2n) is 4.32. The van der Waals surface area contributed by atoms with Gasteiger partial charge >= 0.3 is 0 Å². The van der Waals surface area contributed by atoms with E-state index in [0.717, 1.165) is 25.0 Å². The molecule has 0 aliphatic carbocycles. The molecular formula is C13H19N3O2S2. The summed E-state index contributed by atoms with van der Waals surface area (Å²) in [4.78, 5) is 0.0283. The van der Waals surface area contributed by atoms with Gasteiger partial charge in [-0.3, -0.25) is 0 Å². The van der Waals surface area contributed by atoms with Crippen LogP contribution in [-0.4, -0.2) is 27.0 Å². The Kier molecular flexibility index (Phi) is 6.85. The van der Waals surface area contributed by atoms with Gasteiger partial charge in [0.05, 0.1) is 17.3 Å². The number of unbranched alkanes of at least 4 members (excludes halogenated alkanes) is 2. The molecule has 0 aliphatic heterocycles. The molecule has 20 heavy (non-hydrogen) atoms. The number of nitrogen functional groups attached to an aromatic ring is 1. The highest BCUT2D eigenvalue weighted by Gasteiger charge is 2.16. The lowest BCUT2D eigenvalue weighted by molar-refractivity contribution is 0.576. The van der Waals surface area contributed by atoms with Crippen LogP contribution < -0.4 is 10.5 Å². The van der Waals surface area contributed by atoms with Crippen LogP contribution in [0.5, 0.6) is 0 Å². The molecule has 0 spiro atoms. The second kappa shape index (κ2) is 8.15. The average Bonchev–Trinajstić information content (AvgIpc) is 2.42. The van der Waals surface area contributed by atoms with Gasteiger partial charge < -0.3 is 5.73 Å². The molecule has 5 nitrogen and oxygen atoms in total. The van der Waals surface area contributed by atoms with E-state index >= 15 is 0 Å². The molecule has 0 radical (unpaired) electrons. The Labute approximate surface area is 124 Å². The molecule has 0 fully saturated rings. The quantitative estimate of drug-likeness (QED) is 0.565. The molecule has 0 aromatic heterocycles. The lowest BCUT2D eigenvalue weighted by Gasteiger charge is -2.09. The summed E-state index contributed by atoms with van der Waals surface area (Å²) < 4.78 is 26.7. The van der Waals surface area contributed by atoms with Crippen molar-refractivity contribution in [2.75, 3.05) is 24.3 Å². The number of nitrogens with one attached hydrogen (secondary N) is 1. The normalized spacial score (nSPS) is 11.2. The van der Waals surface area contributed by atoms with E-state index in [1.807, 2.05) is 6.07 Å². The van der Waals surface area contributed by atoms with E-state index in [2.05, 4.69) is 11.0 Å². The Morgan fingerprint density at radius 3 is 2.70 bits per heavy atom. The summed E-state index contributed by atoms with van der Waals surface area (Å²) >= 11 is 1.79. The predicted octanol–water partition coefficient (Wildman–Crippen LogP) is 1.95. The Balaban J connectivity index is 2.59. The smallest absolute Gasteiger partial charge is 0.242 e. The molecule has 0 saturated carbocycles. The maximum absolute atomic E-state index is 12.1. The second-order valence-corrected chi connectivity index (χ2v) is 7.04. The minimum atomic E-state index is -3.60. The number of nitrogens with zero attached hydrogens (tertiary/aromatic N) is 1. The largest absolute Gasteiger partial charge is 0.398 e. The fraction of sp³-hybridized carbons (Fsp3) is 0.462. The number of thioether (sulfide) groups is 1. The monoisotopic (exact) mass is 313 g/mol. The highest BCUT2D eigenvalue weighted by atomic mass is 32.2. The SMILES string of the molecule is CSCCCCCNS(=O)(=O)c1ccc(C#N)cc1N. The number of nitriles is 1. The van der Waals surface area contributed by atoms with Crippen molar-refractivity contribution in [3.05, 3.63) is 23.8 Å². The van der Waals surface area contributed by atoms with Gasteiger partial charge in [0.2, 0.25) is 10.0 Å². The first kappa shape index (κ1) is 16.8. The van der Waals surface area contributed by atoms with Crippen LogP contribution in [0.1, 0.15) is 24.8 Å². The zero-order valence-electron chi connectivity index (χ0n) is 11.4. The van der Waals surface area contributed by atoms with Crippen molar-refractivity contribution in [1.29, 1.82) is 5.26 Å². The van der Waals surface area contributed by atoms with Crippen molar-refractivity contribution in [1.82, 2.24) is 4.72 Å². The number of hydrogen-bond donors (Lipinski definition) is 2. The summed E-state index contributed by atoms with van der Waals surface area (Å²) in [5.41, 5.74) is 6.12. The summed E-state index contributed by atoms with van der Waals surface area (Å²) in [6.07, 6.45) is 4.93. The zero-order valence-corrected chi connectivity index (χ0v) is 13.1. The van der Waals surface area contributed by atoms with E-state index < -0.39 is 10.0 Å². The first-order chi connectivity index (χ1) is 9.51. The standard InChI is InChI=1S/C13H19N3O2S2/c1-19-8-4-2-3-7-16-20(17,18)13-6-5-11(10-14)9-12(13)15/h5-6,9,16H,2-4,7-8,15H2,1H3. The maximum atomic E-state index is 12.1.